The molecule has 1 radical (unpaired) electrons. The van der Waals surface area contributed by atoms with E-state index >= 15 is 0 Å². The van der Waals surface area contributed by atoms with Crippen molar-refractivity contribution in [3.63, 3.8) is 0 Å². The number of rotatable bonds is 0. The summed E-state index contributed by atoms with van der Waals surface area (Å²) in [5, 5.41) is 9.43. The van der Waals surface area contributed by atoms with Gasteiger partial charge in [-0.3, -0.25) is 0 Å². The number of aliphatic hydroxyl groups excluding tert-OH is 1. The van der Waals surface area contributed by atoms with Crippen LogP contribution in [0.1, 0.15) is 12.8 Å². The quantitative estimate of drug-likeness (QED) is 0.531. The molecule has 1 heteroatoms. The lowest BCUT2D eigenvalue weighted by Crippen LogP contribution is -2.16. The van der Waals surface area contributed by atoms with Crippen molar-refractivity contribution in [2.75, 3.05) is 0 Å². The normalized spacial score (nSPS) is 43.9. The Morgan fingerprint density at radius 3 is 3.10 bits per heavy atom. The van der Waals surface area contributed by atoms with E-state index in [1.54, 1.807) is 0 Å². The van der Waals surface area contributed by atoms with Gasteiger partial charge in [-0.25, -0.2) is 0 Å². The summed E-state index contributed by atoms with van der Waals surface area (Å²) >= 11 is 0. The van der Waals surface area contributed by atoms with E-state index in [2.05, 4.69) is 18.2 Å². The Hall–Kier alpha value is -0.560. The highest BCUT2D eigenvalue weighted by Crippen LogP contribution is 2.35. The van der Waals surface area contributed by atoms with E-state index in [0.717, 1.165) is 12.8 Å². The average Bonchev–Trinajstić information content (AvgIpc) is 2.34. The van der Waals surface area contributed by atoms with Crippen LogP contribution in [-0.4, -0.2) is 11.2 Å². The van der Waals surface area contributed by atoms with Crippen LogP contribution < -0.4 is 0 Å². The molecule has 3 atom stereocenters. The van der Waals surface area contributed by atoms with E-state index < -0.39 is 0 Å². The number of fused-ring (bicyclic) bond motifs is 1. The number of hydrogen-bond acceptors (Lipinski definition) is 1. The predicted octanol–water partition coefficient (Wildman–Crippen LogP) is 1.30. The number of hydrogen-bond donors (Lipinski definition) is 1. The first kappa shape index (κ1) is 6.17. The van der Waals surface area contributed by atoms with Crippen LogP contribution in [0.2, 0.25) is 0 Å². The molecule has 0 bridgehead atoms. The molecule has 0 amide bonds. The van der Waals surface area contributed by atoms with Crippen molar-refractivity contribution < 1.29 is 5.11 Å². The van der Waals surface area contributed by atoms with Crippen LogP contribution in [0.5, 0.6) is 0 Å². The van der Waals surface area contributed by atoms with Crippen molar-refractivity contribution in [2.45, 2.75) is 18.9 Å². The van der Waals surface area contributed by atoms with Gasteiger partial charge in [-0.15, -0.1) is 0 Å². The highest BCUT2D eigenvalue weighted by atomic mass is 16.3. The number of allylic oxidation sites excluding steroid dienone is 3. The van der Waals surface area contributed by atoms with E-state index in [0.29, 0.717) is 11.8 Å². The van der Waals surface area contributed by atoms with Gasteiger partial charge in [-0.2, -0.15) is 0 Å². The van der Waals surface area contributed by atoms with Gasteiger partial charge in [0.15, 0.2) is 0 Å². The molecule has 0 spiro atoms. The molecule has 1 nitrogen and oxygen atoms in total. The van der Waals surface area contributed by atoms with Gasteiger partial charge in [0.25, 0.3) is 0 Å². The SMILES string of the molecule is OC1CCC2C=[C]C=CC12. The van der Waals surface area contributed by atoms with Crippen LogP contribution in [0.4, 0.5) is 0 Å². The molecule has 2 aliphatic rings. The first-order valence-electron chi connectivity index (χ1n) is 3.82. The summed E-state index contributed by atoms with van der Waals surface area (Å²) in [5.41, 5.74) is 0. The number of aliphatic hydroxyl groups is 1. The maximum atomic E-state index is 9.43. The average molecular weight is 135 g/mol. The smallest absolute Gasteiger partial charge is 0.0608 e. The molecule has 0 aromatic rings. The zero-order chi connectivity index (χ0) is 6.97. The van der Waals surface area contributed by atoms with E-state index in [9.17, 15) is 5.11 Å². The molecule has 0 aromatic heterocycles. The second-order valence-electron chi connectivity index (χ2n) is 3.08. The van der Waals surface area contributed by atoms with Crippen molar-refractivity contribution >= 4 is 0 Å². The van der Waals surface area contributed by atoms with Gasteiger partial charge >= 0.3 is 0 Å². The molecule has 0 heterocycles. The maximum absolute atomic E-state index is 9.43. The van der Waals surface area contributed by atoms with Crippen LogP contribution >= 0.6 is 0 Å². The lowest BCUT2D eigenvalue weighted by molar-refractivity contribution is 0.146. The molecule has 53 valence electrons. The van der Waals surface area contributed by atoms with Crippen LogP contribution in [-0.2, 0) is 0 Å². The first-order valence-corrected chi connectivity index (χ1v) is 3.82. The van der Waals surface area contributed by atoms with Crippen LogP contribution in [0.15, 0.2) is 18.2 Å². The summed E-state index contributed by atoms with van der Waals surface area (Å²) in [7, 11) is 0. The molecule has 2 rings (SSSR count). The topological polar surface area (TPSA) is 20.2 Å². The third-order valence-electron chi connectivity index (χ3n) is 2.46. The van der Waals surface area contributed by atoms with E-state index in [-0.39, 0.29) is 6.10 Å². The Morgan fingerprint density at radius 1 is 1.40 bits per heavy atom. The van der Waals surface area contributed by atoms with Crippen LogP contribution in [0.25, 0.3) is 0 Å². The maximum Gasteiger partial charge on any atom is 0.0608 e. The molecular weight excluding hydrogens is 124 g/mol. The molecule has 10 heavy (non-hydrogen) atoms. The zero-order valence-corrected chi connectivity index (χ0v) is 5.83. The summed E-state index contributed by atoms with van der Waals surface area (Å²) in [5.74, 6) is 0.959. The van der Waals surface area contributed by atoms with E-state index in [1.807, 2.05) is 6.08 Å². The highest BCUT2D eigenvalue weighted by molar-refractivity contribution is 5.13. The van der Waals surface area contributed by atoms with Crippen molar-refractivity contribution in [1.82, 2.24) is 0 Å². The minimum absolute atomic E-state index is 0.0976. The summed E-state index contributed by atoms with van der Waals surface area (Å²) in [6, 6.07) is 0. The Kier molecular flexibility index (Phi) is 1.38. The van der Waals surface area contributed by atoms with Crippen molar-refractivity contribution in [1.29, 1.82) is 0 Å². The van der Waals surface area contributed by atoms with Crippen LogP contribution in [0.3, 0.4) is 0 Å². The molecule has 1 saturated carbocycles. The molecule has 0 aliphatic heterocycles. The highest BCUT2D eigenvalue weighted by Gasteiger charge is 2.31. The summed E-state index contributed by atoms with van der Waals surface area (Å²) in [6.07, 6.45) is 11.1. The minimum Gasteiger partial charge on any atom is -0.392 e. The largest absolute Gasteiger partial charge is 0.392 e. The molecule has 1 fully saturated rings. The lowest BCUT2D eigenvalue weighted by atomic mass is 9.91. The van der Waals surface area contributed by atoms with Crippen molar-refractivity contribution in [3.05, 3.63) is 24.3 Å². The van der Waals surface area contributed by atoms with Gasteiger partial charge in [0.1, 0.15) is 0 Å². The molecule has 0 aromatic carbocycles. The van der Waals surface area contributed by atoms with Gasteiger partial charge < -0.3 is 5.11 Å². The Balaban J connectivity index is 2.19. The Morgan fingerprint density at radius 2 is 2.30 bits per heavy atom. The summed E-state index contributed by atoms with van der Waals surface area (Å²) in [4.78, 5) is 0. The van der Waals surface area contributed by atoms with Gasteiger partial charge in [-0.05, 0) is 24.8 Å². The molecule has 0 saturated heterocycles. The summed E-state index contributed by atoms with van der Waals surface area (Å²) in [6.45, 7) is 0. The predicted molar refractivity (Wildman–Crippen MR) is 39.2 cm³/mol. The molecule has 2 aliphatic carbocycles. The van der Waals surface area contributed by atoms with Gasteiger partial charge in [0, 0.05) is 5.92 Å². The summed E-state index contributed by atoms with van der Waals surface area (Å²) < 4.78 is 0. The van der Waals surface area contributed by atoms with Gasteiger partial charge in [0.05, 0.1) is 6.10 Å². The lowest BCUT2D eigenvalue weighted by Gasteiger charge is -2.16. The Bertz CT molecular complexity index is 181. The third kappa shape index (κ3) is 0.816. The van der Waals surface area contributed by atoms with Crippen molar-refractivity contribution in [3.8, 4) is 0 Å². The molecular formula is C9H11O. The van der Waals surface area contributed by atoms with Gasteiger partial charge in [0.2, 0.25) is 0 Å². The second-order valence-corrected chi connectivity index (χ2v) is 3.08. The fraction of sp³-hybridized carbons (Fsp3) is 0.556. The fourth-order valence-corrected chi connectivity index (χ4v) is 1.84. The molecule has 1 N–H and O–H groups in total. The first-order chi connectivity index (χ1) is 4.88. The van der Waals surface area contributed by atoms with E-state index in [1.165, 1.54) is 0 Å². The van der Waals surface area contributed by atoms with Crippen LogP contribution in [0, 0.1) is 17.9 Å². The second kappa shape index (κ2) is 2.24. The third-order valence-corrected chi connectivity index (χ3v) is 2.46. The van der Waals surface area contributed by atoms with E-state index in [4.69, 9.17) is 0 Å². The standard InChI is InChI=1S/C9H11O/c10-9-6-5-7-3-1-2-4-8(7)9/h2-4,7-10H,5-6H2. The van der Waals surface area contributed by atoms with Gasteiger partial charge in [-0.1, -0.05) is 18.2 Å². The minimum atomic E-state index is -0.0976. The molecule has 3 unspecified atom stereocenters. The fourth-order valence-electron chi connectivity index (χ4n) is 1.84. The monoisotopic (exact) mass is 135 g/mol. The Labute approximate surface area is 61.1 Å². The van der Waals surface area contributed by atoms with Crippen molar-refractivity contribution in [2.24, 2.45) is 11.8 Å². The zero-order valence-electron chi connectivity index (χ0n) is 5.83.